The first kappa shape index (κ1) is 19.9. The van der Waals surface area contributed by atoms with Gasteiger partial charge < -0.3 is 10.5 Å². The molecule has 3 nitrogen and oxygen atoms in total. The zero-order valence-electron chi connectivity index (χ0n) is 16.9. The van der Waals surface area contributed by atoms with E-state index in [4.69, 9.17) is 15.5 Å². The zero-order chi connectivity index (χ0) is 19.0. The highest BCUT2D eigenvalue weighted by molar-refractivity contribution is 7.10. The van der Waals surface area contributed by atoms with E-state index in [0.29, 0.717) is 6.61 Å². The molecule has 2 rings (SSSR count). The second-order valence-electron chi connectivity index (χ2n) is 8.69. The molecule has 1 aromatic carbocycles. The Morgan fingerprint density at radius 3 is 1.96 bits per heavy atom. The molecule has 0 aliphatic carbocycles. The van der Waals surface area contributed by atoms with E-state index in [1.54, 1.807) is 11.3 Å². The standard InChI is InChI=1S/C21H32N2OS/c1-9-24-18-15(20(3,4)5)10-14(11-16(18)21(6,7)8)17-12-25-19(23-17)13(2)22/h10-13H,9,22H2,1-8H3. The third kappa shape index (κ3) is 4.42. The molecule has 1 unspecified atom stereocenters. The summed E-state index contributed by atoms with van der Waals surface area (Å²) in [6, 6.07) is 4.44. The van der Waals surface area contributed by atoms with Crippen molar-refractivity contribution >= 4 is 11.3 Å². The van der Waals surface area contributed by atoms with Crippen molar-refractivity contribution in [3.05, 3.63) is 33.6 Å². The van der Waals surface area contributed by atoms with Crippen molar-refractivity contribution in [3.63, 3.8) is 0 Å². The number of nitrogens with zero attached hydrogens (tertiary/aromatic N) is 1. The Morgan fingerprint density at radius 2 is 1.60 bits per heavy atom. The SMILES string of the molecule is CCOc1c(C(C)(C)C)cc(-c2csc(C(C)N)n2)cc1C(C)(C)C. The highest BCUT2D eigenvalue weighted by Crippen LogP contribution is 2.43. The van der Waals surface area contributed by atoms with Crippen molar-refractivity contribution in [1.29, 1.82) is 0 Å². The van der Waals surface area contributed by atoms with Crippen LogP contribution in [0.1, 0.15) is 77.6 Å². The van der Waals surface area contributed by atoms with Crippen LogP contribution in [-0.4, -0.2) is 11.6 Å². The molecule has 138 valence electrons. The highest BCUT2D eigenvalue weighted by atomic mass is 32.1. The second-order valence-corrected chi connectivity index (χ2v) is 9.58. The summed E-state index contributed by atoms with van der Waals surface area (Å²) in [6.07, 6.45) is 0. The van der Waals surface area contributed by atoms with Gasteiger partial charge in [-0.2, -0.15) is 0 Å². The molecule has 0 amide bonds. The maximum atomic E-state index is 6.12. The molecule has 0 saturated heterocycles. The molecule has 0 spiro atoms. The summed E-state index contributed by atoms with van der Waals surface area (Å²) < 4.78 is 6.12. The molecule has 25 heavy (non-hydrogen) atoms. The summed E-state index contributed by atoms with van der Waals surface area (Å²) in [5.74, 6) is 1.02. The lowest BCUT2D eigenvalue weighted by molar-refractivity contribution is 0.319. The van der Waals surface area contributed by atoms with Crippen molar-refractivity contribution < 1.29 is 4.74 Å². The molecule has 0 radical (unpaired) electrons. The molecule has 1 atom stereocenters. The van der Waals surface area contributed by atoms with Crippen molar-refractivity contribution in [2.24, 2.45) is 5.73 Å². The molecule has 1 aromatic heterocycles. The molecule has 0 aliphatic heterocycles. The van der Waals surface area contributed by atoms with Crippen molar-refractivity contribution in [3.8, 4) is 17.0 Å². The van der Waals surface area contributed by atoms with Crippen LogP contribution in [-0.2, 0) is 10.8 Å². The third-order valence-electron chi connectivity index (χ3n) is 4.20. The molecule has 0 bridgehead atoms. The van der Waals surface area contributed by atoms with E-state index in [-0.39, 0.29) is 16.9 Å². The lowest BCUT2D eigenvalue weighted by Gasteiger charge is -2.30. The van der Waals surface area contributed by atoms with Crippen molar-refractivity contribution in [1.82, 2.24) is 4.98 Å². The van der Waals surface area contributed by atoms with Crippen molar-refractivity contribution in [2.45, 2.75) is 72.3 Å². The van der Waals surface area contributed by atoms with E-state index in [0.717, 1.165) is 22.0 Å². The average molecular weight is 361 g/mol. The summed E-state index contributed by atoms with van der Waals surface area (Å²) in [6.45, 7) is 18.1. The van der Waals surface area contributed by atoms with Crippen molar-refractivity contribution in [2.75, 3.05) is 6.61 Å². The number of ether oxygens (including phenoxy) is 1. The molecular formula is C21H32N2OS. The third-order valence-corrected chi connectivity index (χ3v) is 5.25. The van der Waals surface area contributed by atoms with E-state index < -0.39 is 0 Å². The Balaban J connectivity index is 2.73. The molecule has 4 heteroatoms. The van der Waals surface area contributed by atoms with Crippen LogP contribution in [0, 0.1) is 0 Å². The number of thiazole rings is 1. The van der Waals surface area contributed by atoms with Crippen LogP contribution in [0.15, 0.2) is 17.5 Å². The fourth-order valence-corrected chi connectivity index (χ4v) is 3.61. The second kappa shape index (κ2) is 7.08. The van der Waals surface area contributed by atoms with Gasteiger partial charge in [0.1, 0.15) is 10.8 Å². The van der Waals surface area contributed by atoms with E-state index in [2.05, 4.69) is 59.1 Å². The van der Waals surface area contributed by atoms with Crippen LogP contribution >= 0.6 is 11.3 Å². The minimum atomic E-state index is -0.0365. The predicted octanol–water partition coefficient (Wildman–Crippen LogP) is 5.82. The molecule has 0 saturated carbocycles. The Morgan fingerprint density at radius 1 is 1.08 bits per heavy atom. The van der Waals surface area contributed by atoms with Crippen LogP contribution in [0.3, 0.4) is 0 Å². The molecule has 0 fully saturated rings. The van der Waals surface area contributed by atoms with Gasteiger partial charge in [0.2, 0.25) is 0 Å². The number of benzene rings is 1. The van der Waals surface area contributed by atoms with E-state index in [1.807, 2.05) is 13.8 Å². The topological polar surface area (TPSA) is 48.1 Å². The quantitative estimate of drug-likeness (QED) is 0.747. The normalized spacial score (nSPS) is 13.8. The molecule has 1 heterocycles. The first-order valence-corrected chi connectivity index (χ1v) is 9.86. The Labute approximate surface area is 156 Å². The van der Waals surface area contributed by atoms with Crippen LogP contribution in [0.2, 0.25) is 0 Å². The van der Waals surface area contributed by atoms with E-state index in [1.165, 1.54) is 11.1 Å². The first-order chi connectivity index (χ1) is 11.4. The van der Waals surface area contributed by atoms with Gasteiger partial charge in [0.15, 0.2) is 0 Å². The molecule has 2 N–H and O–H groups in total. The summed E-state index contributed by atoms with van der Waals surface area (Å²) in [5.41, 5.74) is 10.6. The minimum Gasteiger partial charge on any atom is -0.493 e. The lowest BCUT2D eigenvalue weighted by atomic mass is 9.78. The number of aromatic nitrogens is 1. The van der Waals surface area contributed by atoms with Gasteiger partial charge in [-0.25, -0.2) is 4.98 Å². The van der Waals surface area contributed by atoms with Gasteiger partial charge in [-0.15, -0.1) is 11.3 Å². The molecular weight excluding hydrogens is 328 g/mol. The van der Waals surface area contributed by atoms with Gasteiger partial charge in [0.05, 0.1) is 18.3 Å². The monoisotopic (exact) mass is 360 g/mol. The number of hydrogen-bond donors (Lipinski definition) is 1. The summed E-state index contributed by atoms with van der Waals surface area (Å²) in [7, 11) is 0. The Kier molecular flexibility index (Phi) is 5.65. The predicted molar refractivity (Wildman–Crippen MR) is 109 cm³/mol. The summed E-state index contributed by atoms with van der Waals surface area (Å²) in [4.78, 5) is 4.75. The van der Waals surface area contributed by atoms with Crippen LogP contribution < -0.4 is 10.5 Å². The number of hydrogen-bond acceptors (Lipinski definition) is 4. The zero-order valence-corrected chi connectivity index (χ0v) is 17.7. The Bertz CT molecular complexity index is 698. The first-order valence-electron chi connectivity index (χ1n) is 8.98. The Hall–Kier alpha value is -1.39. The van der Waals surface area contributed by atoms with Gasteiger partial charge in [0.25, 0.3) is 0 Å². The summed E-state index contributed by atoms with van der Waals surface area (Å²) >= 11 is 1.63. The van der Waals surface area contributed by atoms with Crippen LogP contribution in [0.4, 0.5) is 0 Å². The van der Waals surface area contributed by atoms with Gasteiger partial charge in [-0.1, -0.05) is 41.5 Å². The van der Waals surface area contributed by atoms with Crippen LogP contribution in [0.5, 0.6) is 5.75 Å². The van der Waals surface area contributed by atoms with Gasteiger partial charge in [-0.3, -0.25) is 0 Å². The molecule has 0 aliphatic rings. The van der Waals surface area contributed by atoms with Gasteiger partial charge in [-0.05, 0) is 36.8 Å². The number of rotatable bonds is 4. The van der Waals surface area contributed by atoms with Gasteiger partial charge in [0, 0.05) is 22.1 Å². The largest absolute Gasteiger partial charge is 0.493 e. The lowest BCUT2D eigenvalue weighted by Crippen LogP contribution is -2.20. The van der Waals surface area contributed by atoms with E-state index >= 15 is 0 Å². The maximum Gasteiger partial charge on any atom is 0.126 e. The fourth-order valence-electron chi connectivity index (χ4n) is 2.82. The van der Waals surface area contributed by atoms with Gasteiger partial charge >= 0.3 is 0 Å². The fraction of sp³-hybridized carbons (Fsp3) is 0.571. The average Bonchev–Trinajstić information content (AvgIpc) is 2.95. The maximum absolute atomic E-state index is 6.12. The van der Waals surface area contributed by atoms with Crippen LogP contribution in [0.25, 0.3) is 11.3 Å². The number of nitrogens with two attached hydrogens (primary N) is 1. The highest BCUT2D eigenvalue weighted by Gasteiger charge is 2.28. The van der Waals surface area contributed by atoms with E-state index in [9.17, 15) is 0 Å². The smallest absolute Gasteiger partial charge is 0.126 e. The molecule has 2 aromatic rings. The summed E-state index contributed by atoms with van der Waals surface area (Å²) in [5, 5.41) is 3.08. The minimum absolute atomic E-state index is 0.0134.